The van der Waals surface area contributed by atoms with Crippen molar-refractivity contribution in [1.29, 1.82) is 0 Å². The van der Waals surface area contributed by atoms with E-state index in [0.717, 1.165) is 5.56 Å². The predicted molar refractivity (Wildman–Crippen MR) is 50.3 cm³/mol. The van der Waals surface area contributed by atoms with Gasteiger partial charge >= 0.3 is 0 Å². The molecule has 0 saturated heterocycles. The minimum absolute atomic E-state index is 0.271. The first-order chi connectivity index (χ1) is 6.75. The van der Waals surface area contributed by atoms with E-state index in [2.05, 4.69) is 9.97 Å². The number of hydrogen-bond acceptors (Lipinski definition) is 2. The van der Waals surface area contributed by atoms with Crippen LogP contribution in [-0.4, -0.2) is 9.97 Å². The van der Waals surface area contributed by atoms with Crippen molar-refractivity contribution in [3.63, 3.8) is 0 Å². The molecule has 0 radical (unpaired) electrons. The lowest BCUT2D eigenvalue weighted by Crippen LogP contribution is -2.05. The number of nitrogens with zero attached hydrogens (tertiary/aromatic N) is 1. The third kappa shape index (κ3) is 1.69. The van der Waals surface area contributed by atoms with E-state index in [1.165, 1.54) is 24.5 Å². The molecule has 1 aromatic carbocycles. The Morgan fingerprint density at radius 2 is 1.86 bits per heavy atom. The van der Waals surface area contributed by atoms with Gasteiger partial charge in [-0.25, -0.2) is 4.39 Å². The van der Waals surface area contributed by atoms with Crippen molar-refractivity contribution in [2.75, 3.05) is 0 Å². The lowest BCUT2D eigenvalue weighted by Gasteiger charge is -1.99. The first-order valence-electron chi connectivity index (χ1n) is 4.06. The molecule has 0 saturated carbocycles. The van der Waals surface area contributed by atoms with Gasteiger partial charge in [-0.3, -0.25) is 9.78 Å². The molecule has 0 bridgehead atoms. The fourth-order valence-corrected chi connectivity index (χ4v) is 1.15. The van der Waals surface area contributed by atoms with Crippen LogP contribution in [-0.2, 0) is 0 Å². The Morgan fingerprint density at radius 1 is 1.14 bits per heavy atom. The average Bonchev–Trinajstić information content (AvgIpc) is 2.19. The number of rotatable bonds is 1. The van der Waals surface area contributed by atoms with E-state index in [1.54, 1.807) is 12.1 Å². The Balaban J connectivity index is 2.50. The molecule has 0 spiro atoms. The number of nitrogens with one attached hydrogen (secondary N) is 1. The molecule has 1 heterocycles. The SMILES string of the molecule is O=c1cncc(-c2ccc(F)cc2)[nH]1. The zero-order valence-electron chi connectivity index (χ0n) is 7.20. The molecule has 2 aromatic rings. The number of benzene rings is 1. The van der Waals surface area contributed by atoms with Crippen LogP contribution in [0.5, 0.6) is 0 Å². The third-order valence-electron chi connectivity index (χ3n) is 1.81. The second-order valence-corrected chi connectivity index (χ2v) is 2.82. The van der Waals surface area contributed by atoms with E-state index >= 15 is 0 Å². The summed E-state index contributed by atoms with van der Waals surface area (Å²) in [5, 5.41) is 0. The molecule has 2 rings (SSSR count). The second kappa shape index (κ2) is 3.41. The molecule has 3 nitrogen and oxygen atoms in total. The van der Waals surface area contributed by atoms with E-state index in [0.29, 0.717) is 5.69 Å². The zero-order valence-corrected chi connectivity index (χ0v) is 7.20. The van der Waals surface area contributed by atoms with Gasteiger partial charge in [0.25, 0.3) is 5.56 Å². The molecule has 0 unspecified atom stereocenters. The summed E-state index contributed by atoms with van der Waals surface area (Å²) < 4.78 is 12.6. The smallest absolute Gasteiger partial charge is 0.266 e. The molecule has 0 fully saturated rings. The van der Waals surface area contributed by atoms with E-state index in [-0.39, 0.29) is 11.4 Å². The summed E-state index contributed by atoms with van der Waals surface area (Å²) in [7, 11) is 0. The molecule has 14 heavy (non-hydrogen) atoms. The van der Waals surface area contributed by atoms with Crippen molar-refractivity contribution in [2.24, 2.45) is 0 Å². The van der Waals surface area contributed by atoms with Gasteiger partial charge < -0.3 is 4.98 Å². The van der Waals surface area contributed by atoms with Crippen LogP contribution in [0.15, 0.2) is 41.5 Å². The van der Waals surface area contributed by atoms with Crippen molar-refractivity contribution >= 4 is 0 Å². The molecule has 1 N–H and O–H groups in total. The highest BCUT2D eigenvalue weighted by molar-refractivity contribution is 5.57. The Hall–Kier alpha value is -1.97. The third-order valence-corrected chi connectivity index (χ3v) is 1.81. The highest BCUT2D eigenvalue weighted by atomic mass is 19.1. The Morgan fingerprint density at radius 3 is 2.50 bits per heavy atom. The quantitative estimate of drug-likeness (QED) is 0.741. The van der Waals surface area contributed by atoms with Crippen LogP contribution in [0.2, 0.25) is 0 Å². The molecule has 4 heteroatoms. The van der Waals surface area contributed by atoms with Gasteiger partial charge in [0.05, 0.1) is 18.1 Å². The number of aromatic nitrogens is 2. The number of aromatic amines is 1. The van der Waals surface area contributed by atoms with Crippen LogP contribution in [0.3, 0.4) is 0 Å². The van der Waals surface area contributed by atoms with Gasteiger partial charge in [0, 0.05) is 0 Å². The van der Waals surface area contributed by atoms with Gasteiger partial charge in [-0.05, 0) is 29.8 Å². The van der Waals surface area contributed by atoms with E-state index in [1.807, 2.05) is 0 Å². The Kier molecular flexibility index (Phi) is 2.10. The molecular weight excluding hydrogens is 183 g/mol. The van der Waals surface area contributed by atoms with E-state index in [4.69, 9.17) is 0 Å². The van der Waals surface area contributed by atoms with Crippen molar-refractivity contribution < 1.29 is 4.39 Å². The fourth-order valence-electron chi connectivity index (χ4n) is 1.15. The van der Waals surface area contributed by atoms with Crippen molar-refractivity contribution in [3.05, 3.63) is 52.8 Å². The van der Waals surface area contributed by atoms with Crippen LogP contribution in [0.4, 0.5) is 4.39 Å². The van der Waals surface area contributed by atoms with Crippen LogP contribution >= 0.6 is 0 Å². The molecule has 0 aliphatic carbocycles. The lowest BCUT2D eigenvalue weighted by molar-refractivity contribution is 0.628. The maximum absolute atomic E-state index is 12.6. The van der Waals surface area contributed by atoms with Gasteiger partial charge in [-0.2, -0.15) is 0 Å². The van der Waals surface area contributed by atoms with Gasteiger partial charge in [-0.15, -0.1) is 0 Å². The molecule has 1 aromatic heterocycles. The van der Waals surface area contributed by atoms with Crippen LogP contribution in [0.1, 0.15) is 0 Å². The molecular formula is C10H7FN2O. The highest BCUT2D eigenvalue weighted by Crippen LogP contribution is 2.14. The number of H-pyrrole nitrogens is 1. The van der Waals surface area contributed by atoms with Gasteiger partial charge in [0.2, 0.25) is 0 Å². The Bertz CT molecular complexity index is 490. The van der Waals surface area contributed by atoms with Crippen molar-refractivity contribution in [2.45, 2.75) is 0 Å². The summed E-state index contributed by atoms with van der Waals surface area (Å²) in [4.78, 5) is 17.3. The molecule has 0 amide bonds. The van der Waals surface area contributed by atoms with Crippen LogP contribution in [0, 0.1) is 5.82 Å². The fraction of sp³-hybridized carbons (Fsp3) is 0. The standard InChI is InChI=1S/C10H7FN2O/c11-8-3-1-7(2-4-8)9-5-12-6-10(14)13-9/h1-6H,(H,13,14). The highest BCUT2D eigenvalue weighted by Gasteiger charge is 1.98. The largest absolute Gasteiger partial charge is 0.319 e. The zero-order chi connectivity index (χ0) is 9.97. The summed E-state index contributed by atoms with van der Waals surface area (Å²) in [5.41, 5.74) is 1.04. The van der Waals surface area contributed by atoms with Gasteiger partial charge in [-0.1, -0.05) is 0 Å². The summed E-state index contributed by atoms with van der Waals surface area (Å²) in [5.74, 6) is -0.306. The predicted octanol–water partition coefficient (Wildman–Crippen LogP) is 1.58. The topological polar surface area (TPSA) is 45.8 Å². The molecule has 0 atom stereocenters. The van der Waals surface area contributed by atoms with Gasteiger partial charge in [0.15, 0.2) is 0 Å². The lowest BCUT2D eigenvalue weighted by atomic mass is 10.2. The maximum atomic E-state index is 12.6. The average molecular weight is 190 g/mol. The molecule has 0 aliphatic heterocycles. The molecule has 0 aliphatic rings. The second-order valence-electron chi connectivity index (χ2n) is 2.82. The summed E-state index contributed by atoms with van der Waals surface area (Å²) in [6.45, 7) is 0. The first kappa shape index (κ1) is 8.62. The summed E-state index contributed by atoms with van der Waals surface area (Å²) in [6, 6.07) is 5.84. The normalized spacial score (nSPS) is 10.1. The van der Waals surface area contributed by atoms with Crippen molar-refractivity contribution in [3.8, 4) is 11.3 Å². The summed E-state index contributed by atoms with van der Waals surface area (Å²) >= 11 is 0. The monoisotopic (exact) mass is 190 g/mol. The number of halogens is 1. The molecule has 70 valence electrons. The minimum atomic E-state index is -0.306. The van der Waals surface area contributed by atoms with Crippen LogP contribution < -0.4 is 5.56 Å². The maximum Gasteiger partial charge on any atom is 0.266 e. The summed E-state index contributed by atoms with van der Waals surface area (Å²) in [6.07, 6.45) is 2.71. The number of hydrogen-bond donors (Lipinski definition) is 1. The first-order valence-corrected chi connectivity index (χ1v) is 4.06. The van der Waals surface area contributed by atoms with E-state index in [9.17, 15) is 9.18 Å². The van der Waals surface area contributed by atoms with Crippen molar-refractivity contribution in [1.82, 2.24) is 9.97 Å². The van der Waals surface area contributed by atoms with Gasteiger partial charge in [0.1, 0.15) is 5.82 Å². The minimum Gasteiger partial charge on any atom is -0.319 e. The van der Waals surface area contributed by atoms with Crippen LogP contribution in [0.25, 0.3) is 11.3 Å². The van der Waals surface area contributed by atoms with E-state index < -0.39 is 0 Å². The Labute approximate surface area is 79.3 Å².